The van der Waals surface area contributed by atoms with E-state index in [9.17, 15) is 0 Å². The van der Waals surface area contributed by atoms with Crippen LogP contribution in [0.1, 0.15) is 6.42 Å². The molecule has 0 amide bonds. The Bertz CT molecular complexity index is 467. The maximum Gasteiger partial charge on any atom is 0.136 e. The molecular formula is C11H10N2O. The van der Waals surface area contributed by atoms with E-state index in [4.69, 9.17) is 9.68 Å². The lowest BCUT2D eigenvalue weighted by atomic mass is 10.2. The summed E-state index contributed by atoms with van der Waals surface area (Å²) in [6.45, 7) is 0.653. The molecule has 0 radical (unpaired) electrons. The molecule has 70 valence electrons. The average Bonchev–Trinajstić information content (AvgIpc) is 2.63. The van der Waals surface area contributed by atoms with E-state index in [1.54, 1.807) is 6.26 Å². The maximum atomic E-state index is 8.39. The van der Waals surface area contributed by atoms with Crippen molar-refractivity contribution >= 4 is 16.7 Å². The molecule has 2 rings (SSSR count). The Morgan fingerprint density at radius 3 is 3.07 bits per heavy atom. The van der Waals surface area contributed by atoms with Gasteiger partial charge in [0.15, 0.2) is 0 Å². The van der Waals surface area contributed by atoms with Crippen LogP contribution < -0.4 is 5.32 Å². The summed E-state index contributed by atoms with van der Waals surface area (Å²) < 4.78 is 5.33. The Balaban J connectivity index is 2.22. The number of fused-ring (bicyclic) bond motifs is 1. The Labute approximate surface area is 81.9 Å². The molecule has 0 saturated heterocycles. The second kappa shape index (κ2) is 3.84. The molecular weight excluding hydrogens is 176 g/mol. The molecule has 0 saturated carbocycles. The van der Waals surface area contributed by atoms with Crippen molar-refractivity contribution in [1.82, 2.24) is 0 Å². The Morgan fingerprint density at radius 2 is 2.21 bits per heavy atom. The first-order chi connectivity index (χ1) is 6.92. The van der Waals surface area contributed by atoms with E-state index in [-0.39, 0.29) is 0 Å². The largest absolute Gasteiger partial charge is 0.462 e. The molecule has 1 aromatic heterocycles. The number of nitrogens with zero attached hydrogens (tertiary/aromatic N) is 1. The topological polar surface area (TPSA) is 49.0 Å². The fourth-order valence-corrected chi connectivity index (χ4v) is 1.37. The summed E-state index contributed by atoms with van der Waals surface area (Å²) in [5.41, 5.74) is 1.82. The van der Waals surface area contributed by atoms with E-state index < -0.39 is 0 Å². The van der Waals surface area contributed by atoms with Crippen LogP contribution in [0.5, 0.6) is 0 Å². The van der Waals surface area contributed by atoms with Crippen molar-refractivity contribution in [3.8, 4) is 6.07 Å². The Hall–Kier alpha value is -1.95. The lowest BCUT2D eigenvalue weighted by Crippen LogP contribution is -1.98. The van der Waals surface area contributed by atoms with E-state index in [2.05, 4.69) is 11.4 Å². The van der Waals surface area contributed by atoms with Crippen LogP contribution in [-0.4, -0.2) is 6.54 Å². The first kappa shape index (κ1) is 8.64. The maximum absolute atomic E-state index is 8.39. The van der Waals surface area contributed by atoms with E-state index in [1.807, 2.05) is 24.3 Å². The molecule has 1 aromatic carbocycles. The lowest BCUT2D eigenvalue weighted by molar-refractivity contribution is 0.616. The third kappa shape index (κ3) is 1.55. The van der Waals surface area contributed by atoms with Gasteiger partial charge >= 0.3 is 0 Å². The number of nitriles is 1. The van der Waals surface area contributed by atoms with Gasteiger partial charge in [0, 0.05) is 11.9 Å². The third-order valence-electron chi connectivity index (χ3n) is 2.03. The molecule has 0 aliphatic heterocycles. The minimum Gasteiger partial charge on any atom is -0.462 e. The molecule has 0 unspecified atom stereocenters. The molecule has 0 aliphatic carbocycles. The van der Waals surface area contributed by atoms with Crippen LogP contribution in [0, 0.1) is 11.3 Å². The highest BCUT2D eigenvalue weighted by molar-refractivity contribution is 5.90. The van der Waals surface area contributed by atoms with Crippen LogP contribution in [0.4, 0.5) is 5.69 Å². The van der Waals surface area contributed by atoms with E-state index in [0.717, 1.165) is 16.7 Å². The zero-order chi connectivity index (χ0) is 9.80. The summed E-state index contributed by atoms with van der Waals surface area (Å²) in [5.74, 6) is 0. The zero-order valence-electron chi connectivity index (χ0n) is 7.66. The summed E-state index contributed by atoms with van der Waals surface area (Å²) in [4.78, 5) is 0. The highest BCUT2D eigenvalue weighted by Gasteiger charge is 2.02. The van der Waals surface area contributed by atoms with Gasteiger partial charge in [-0.3, -0.25) is 0 Å². The monoisotopic (exact) mass is 186 g/mol. The highest BCUT2D eigenvalue weighted by Crippen LogP contribution is 2.24. The van der Waals surface area contributed by atoms with Crippen molar-refractivity contribution in [2.75, 3.05) is 11.9 Å². The molecule has 2 aromatic rings. The number of furan rings is 1. The van der Waals surface area contributed by atoms with Gasteiger partial charge in [-0.2, -0.15) is 5.26 Å². The zero-order valence-corrected chi connectivity index (χ0v) is 7.66. The average molecular weight is 186 g/mol. The molecule has 14 heavy (non-hydrogen) atoms. The number of anilines is 1. The van der Waals surface area contributed by atoms with Gasteiger partial charge in [-0.1, -0.05) is 12.1 Å². The van der Waals surface area contributed by atoms with Gasteiger partial charge in [0.2, 0.25) is 0 Å². The Kier molecular flexibility index (Phi) is 2.37. The Morgan fingerprint density at radius 1 is 1.36 bits per heavy atom. The van der Waals surface area contributed by atoms with Crippen LogP contribution in [0.3, 0.4) is 0 Å². The van der Waals surface area contributed by atoms with E-state index in [0.29, 0.717) is 13.0 Å². The minimum absolute atomic E-state index is 0.500. The number of benzene rings is 1. The van der Waals surface area contributed by atoms with Crippen molar-refractivity contribution in [1.29, 1.82) is 5.26 Å². The number of nitrogens with one attached hydrogen (secondary N) is 1. The van der Waals surface area contributed by atoms with Crippen LogP contribution in [-0.2, 0) is 0 Å². The van der Waals surface area contributed by atoms with E-state index >= 15 is 0 Å². The van der Waals surface area contributed by atoms with Crippen molar-refractivity contribution in [2.24, 2.45) is 0 Å². The molecule has 0 bridgehead atoms. The van der Waals surface area contributed by atoms with Crippen molar-refractivity contribution < 1.29 is 4.42 Å². The lowest BCUT2D eigenvalue weighted by Gasteiger charge is -1.98. The van der Waals surface area contributed by atoms with Gasteiger partial charge in [0.05, 0.1) is 18.2 Å². The van der Waals surface area contributed by atoms with Gasteiger partial charge in [0.25, 0.3) is 0 Å². The minimum atomic E-state index is 0.500. The molecule has 1 heterocycles. The van der Waals surface area contributed by atoms with E-state index in [1.165, 1.54) is 0 Å². The first-order valence-electron chi connectivity index (χ1n) is 4.49. The van der Waals surface area contributed by atoms with Gasteiger partial charge in [-0.15, -0.1) is 0 Å². The smallest absolute Gasteiger partial charge is 0.136 e. The van der Waals surface area contributed by atoms with Gasteiger partial charge in [-0.25, -0.2) is 0 Å². The van der Waals surface area contributed by atoms with Crippen LogP contribution in [0.2, 0.25) is 0 Å². The highest BCUT2D eigenvalue weighted by atomic mass is 16.3. The fraction of sp³-hybridized carbons (Fsp3) is 0.182. The second-order valence-electron chi connectivity index (χ2n) is 2.98. The first-order valence-corrected chi connectivity index (χ1v) is 4.49. The molecule has 0 aliphatic rings. The second-order valence-corrected chi connectivity index (χ2v) is 2.98. The normalized spacial score (nSPS) is 9.93. The number of para-hydroxylation sites is 1. The van der Waals surface area contributed by atoms with Crippen LogP contribution in [0.15, 0.2) is 34.9 Å². The number of hydrogen-bond donors (Lipinski definition) is 1. The summed E-state index contributed by atoms with van der Waals surface area (Å²) in [6, 6.07) is 9.90. The standard InChI is InChI=1S/C11H10N2O/c12-6-3-7-13-10-8-14-11-5-2-1-4-9(10)11/h1-2,4-5,8,13H,3,7H2. The SMILES string of the molecule is N#CCCNc1coc2ccccc12. The van der Waals surface area contributed by atoms with Gasteiger partial charge in [-0.05, 0) is 12.1 Å². The summed E-state index contributed by atoms with van der Waals surface area (Å²) >= 11 is 0. The summed E-state index contributed by atoms with van der Waals surface area (Å²) in [5, 5.41) is 12.6. The predicted octanol–water partition coefficient (Wildman–Crippen LogP) is 2.76. The van der Waals surface area contributed by atoms with Crippen molar-refractivity contribution in [2.45, 2.75) is 6.42 Å². The van der Waals surface area contributed by atoms with Gasteiger partial charge < -0.3 is 9.73 Å². The molecule has 0 atom stereocenters. The molecule has 0 fully saturated rings. The molecule has 1 N–H and O–H groups in total. The van der Waals surface area contributed by atoms with Crippen LogP contribution >= 0.6 is 0 Å². The molecule has 3 nitrogen and oxygen atoms in total. The summed E-state index contributed by atoms with van der Waals surface area (Å²) in [7, 11) is 0. The molecule has 0 spiro atoms. The fourth-order valence-electron chi connectivity index (χ4n) is 1.37. The van der Waals surface area contributed by atoms with Crippen molar-refractivity contribution in [3.05, 3.63) is 30.5 Å². The third-order valence-corrected chi connectivity index (χ3v) is 2.03. The van der Waals surface area contributed by atoms with Crippen molar-refractivity contribution in [3.63, 3.8) is 0 Å². The van der Waals surface area contributed by atoms with Gasteiger partial charge in [0.1, 0.15) is 11.8 Å². The molecule has 3 heteroatoms. The van der Waals surface area contributed by atoms with Crippen LogP contribution in [0.25, 0.3) is 11.0 Å². The predicted molar refractivity (Wildman–Crippen MR) is 54.9 cm³/mol. The number of hydrogen-bond acceptors (Lipinski definition) is 3. The quantitative estimate of drug-likeness (QED) is 0.750. The number of rotatable bonds is 3. The summed E-state index contributed by atoms with van der Waals surface area (Å²) in [6.07, 6.45) is 2.18.